The van der Waals surface area contributed by atoms with Crippen molar-refractivity contribution in [2.24, 2.45) is 0 Å². The molecular formula is C14H13ClN2O4. The summed E-state index contributed by atoms with van der Waals surface area (Å²) in [6.45, 7) is 2.95. The molecule has 0 aliphatic rings. The molecule has 1 amide bonds. The number of anilines is 1. The number of hydrogen-bond donors (Lipinski definition) is 1. The second-order valence-corrected chi connectivity index (χ2v) is 4.65. The van der Waals surface area contributed by atoms with E-state index in [1.165, 1.54) is 6.20 Å². The van der Waals surface area contributed by atoms with Crippen LogP contribution in [0.5, 0.6) is 0 Å². The molecule has 0 aliphatic heterocycles. The van der Waals surface area contributed by atoms with E-state index in [1.54, 1.807) is 32.0 Å². The standard InChI is InChI=1S/C14H13ClN2O4/c1-8-6-10(9(2)21-8)14(19)20-7-12(18)17-11-4-3-5-16-13(11)15/h3-6H,7H2,1-2H3,(H,17,18). The van der Waals surface area contributed by atoms with Gasteiger partial charge >= 0.3 is 5.97 Å². The summed E-state index contributed by atoms with van der Waals surface area (Å²) in [5.74, 6) is -0.0628. The highest BCUT2D eigenvalue weighted by Crippen LogP contribution is 2.17. The van der Waals surface area contributed by atoms with Crippen LogP contribution < -0.4 is 5.32 Å². The fourth-order valence-electron chi connectivity index (χ4n) is 1.71. The maximum Gasteiger partial charge on any atom is 0.342 e. The smallest absolute Gasteiger partial charge is 0.342 e. The van der Waals surface area contributed by atoms with E-state index in [1.807, 2.05) is 0 Å². The first-order valence-electron chi connectivity index (χ1n) is 6.12. The van der Waals surface area contributed by atoms with E-state index in [9.17, 15) is 9.59 Å². The van der Waals surface area contributed by atoms with Gasteiger partial charge in [-0.05, 0) is 32.0 Å². The van der Waals surface area contributed by atoms with Gasteiger partial charge in [-0.25, -0.2) is 9.78 Å². The van der Waals surface area contributed by atoms with Gasteiger partial charge in [-0.2, -0.15) is 0 Å². The van der Waals surface area contributed by atoms with Crippen LogP contribution in [0.4, 0.5) is 5.69 Å². The van der Waals surface area contributed by atoms with Crippen LogP contribution >= 0.6 is 11.6 Å². The second kappa shape index (κ2) is 6.41. The third kappa shape index (κ3) is 3.82. The van der Waals surface area contributed by atoms with Crippen molar-refractivity contribution in [3.63, 3.8) is 0 Å². The summed E-state index contributed by atoms with van der Waals surface area (Å²) >= 11 is 5.80. The lowest BCUT2D eigenvalue weighted by molar-refractivity contribution is -0.119. The minimum absolute atomic E-state index is 0.165. The molecule has 110 valence electrons. The van der Waals surface area contributed by atoms with Gasteiger partial charge in [-0.15, -0.1) is 0 Å². The predicted octanol–water partition coefficient (Wildman–Crippen LogP) is 2.74. The molecule has 0 spiro atoms. The molecule has 0 aliphatic carbocycles. The van der Waals surface area contributed by atoms with Gasteiger partial charge in [-0.3, -0.25) is 4.79 Å². The summed E-state index contributed by atoms with van der Waals surface area (Å²) in [6.07, 6.45) is 1.50. The van der Waals surface area contributed by atoms with Gasteiger partial charge in [0.1, 0.15) is 17.1 Å². The van der Waals surface area contributed by atoms with Crippen LogP contribution in [0, 0.1) is 13.8 Å². The van der Waals surface area contributed by atoms with Gasteiger partial charge in [0.05, 0.1) is 5.69 Å². The minimum Gasteiger partial charge on any atom is -0.466 e. The molecule has 0 saturated carbocycles. The summed E-state index contributed by atoms with van der Waals surface area (Å²) < 4.78 is 10.1. The summed E-state index contributed by atoms with van der Waals surface area (Å²) in [4.78, 5) is 27.3. The van der Waals surface area contributed by atoms with E-state index in [4.69, 9.17) is 20.8 Å². The minimum atomic E-state index is -0.614. The van der Waals surface area contributed by atoms with E-state index in [2.05, 4.69) is 10.3 Å². The number of halogens is 1. The quantitative estimate of drug-likeness (QED) is 0.693. The molecule has 21 heavy (non-hydrogen) atoms. The Morgan fingerprint density at radius 2 is 2.19 bits per heavy atom. The van der Waals surface area contributed by atoms with E-state index in [0.717, 1.165) is 0 Å². The number of hydrogen-bond acceptors (Lipinski definition) is 5. The predicted molar refractivity (Wildman–Crippen MR) is 76.3 cm³/mol. The lowest BCUT2D eigenvalue weighted by atomic mass is 10.2. The molecule has 2 rings (SSSR count). The average molecular weight is 309 g/mol. The topological polar surface area (TPSA) is 81.4 Å². The van der Waals surface area contributed by atoms with E-state index < -0.39 is 18.5 Å². The zero-order valence-corrected chi connectivity index (χ0v) is 12.2. The number of nitrogens with zero attached hydrogens (tertiary/aromatic N) is 1. The molecule has 2 heterocycles. The summed E-state index contributed by atoms with van der Waals surface area (Å²) in [5, 5.41) is 2.67. The Balaban J connectivity index is 1.91. The van der Waals surface area contributed by atoms with Crippen molar-refractivity contribution in [2.45, 2.75) is 13.8 Å². The van der Waals surface area contributed by atoms with E-state index >= 15 is 0 Å². The number of rotatable bonds is 4. The van der Waals surface area contributed by atoms with Crippen LogP contribution in [0.2, 0.25) is 5.15 Å². The molecule has 0 fully saturated rings. The van der Waals surface area contributed by atoms with Gasteiger partial charge in [0.2, 0.25) is 0 Å². The number of amides is 1. The third-order valence-electron chi connectivity index (χ3n) is 2.63. The van der Waals surface area contributed by atoms with Gasteiger partial charge in [0.25, 0.3) is 5.91 Å². The Bertz CT molecular complexity index is 681. The fourth-order valence-corrected chi connectivity index (χ4v) is 1.87. The maximum absolute atomic E-state index is 11.8. The molecule has 0 atom stereocenters. The van der Waals surface area contributed by atoms with Crippen molar-refractivity contribution in [3.8, 4) is 0 Å². The molecule has 2 aromatic heterocycles. The monoisotopic (exact) mass is 308 g/mol. The van der Waals surface area contributed by atoms with Crippen molar-refractivity contribution in [1.82, 2.24) is 4.98 Å². The highest BCUT2D eigenvalue weighted by atomic mass is 35.5. The van der Waals surface area contributed by atoms with Crippen molar-refractivity contribution in [3.05, 3.63) is 46.6 Å². The number of ether oxygens (including phenoxy) is 1. The molecule has 2 aromatic rings. The highest BCUT2D eigenvalue weighted by Gasteiger charge is 2.16. The van der Waals surface area contributed by atoms with E-state index in [-0.39, 0.29) is 5.15 Å². The highest BCUT2D eigenvalue weighted by molar-refractivity contribution is 6.32. The maximum atomic E-state index is 11.8. The number of furan rings is 1. The first kappa shape index (κ1) is 15.1. The number of carbonyl (C=O) groups excluding carboxylic acids is 2. The Morgan fingerprint density at radius 1 is 1.43 bits per heavy atom. The van der Waals surface area contributed by atoms with Crippen LogP contribution in [0.3, 0.4) is 0 Å². The summed E-state index contributed by atoms with van der Waals surface area (Å²) in [7, 11) is 0. The van der Waals surface area contributed by atoms with Gasteiger partial charge in [-0.1, -0.05) is 11.6 Å². The first-order valence-corrected chi connectivity index (χ1v) is 6.49. The zero-order chi connectivity index (χ0) is 15.4. The molecule has 0 radical (unpaired) electrons. The van der Waals surface area contributed by atoms with Crippen LogP contribution in [0.25, 0.3) is 0 Å². The van der Waals surface area contributed by atoms with Crippen molar-refractivity contribution in [1.29, 1.82) is 0 Å². The molecule has 0 unspecified atom stereocenters. The van der Waals surface area contributed by atoms with Gasteiger partial charge < -0.3 is 14.5 Å². The largest absolute Gasteiger partial charge is 0.466 e. The van der Waals surface area contributed by atoms with E-state index in [0.29, 0.717) is 22.8 Å². The molecule has 6 nitrogen and oxygen atoms in total. The van der Waals surface area contributed by atoms with Crippen LogP contribution in [0.15, 0.2) is 28.8 Å². The molecule has 7 heteroatoms. The van der Waals surface area contributed by atoms with Crippen molar-refractivity contribution in [2.75, 3.05) is 11.9 Å². The lowest BCUT2D eigenvalue weighted by Crippen LogP contribution is -2.21. The van der Waals surface area contributed by atoms with Crippen LogP contribution in [0.1, 0.15) is 21.9 Å². The Kier molecular flexibility index (Phi) is 4.59. The van der Waals surface area contributed by atoms with Crippen molar-refractivity contribution < 1.29 is 18.7 Å². The summed E-state index contributed by atoms with van der Waals surface area (Å²) in [5.41, 5.74) is 0.662. The molecule has 0 bridgehead atoms. The number of carbonyl (C=O) groups is 2. The molecule has 0 saturated heterocycles. The van der Waals surface area contributed by atoms with Gasteiger partial charge in [0.15, 0.2) is 11.8 Å². The Labute approximate surface area is 126 Å². The van der Waals surface area contributed by atoms with Crippen LogP contribution in [-0.2, 0) is 9.53 Å². The normalized spacial score (nSPS) is 10.2. The lowest BCUT2D eigenvalue weighted by Gasteiger charge is -2.06. The molecule has 0 aromatic carbocycles. The van der Waals surface area contributed by atoms with Crippen molar-refractivity contribution >= 4 is 29.2 Å². The number of esters is 1. The fraction of sp³-hybridized carbons (Fsp3) is 0.214. The summed E-state index contributed by atoms with van der Waals surface area (Å²) in [6, 6.07) is 4.79. The van der Waals surface area contributed by atoms with Gasteiger partial charge in [0, 0.05) is 6.20 Å². The number of aryl methyl sites for hydroxylation is 2. The zero-order valence-electron chi connectivity index (χ0n) is 11.5. The number of pyridine rings is 1. The Morgan fingerprint density at radius 3 is 2.81 bits per heavy atom. The first-order chi connectivity index (χ1) is 9.97. The number of nitrogens with one attached hydrogen (secondary N) is 1. The molecule has 1 N–H and O–H groups in total. The Hall–Kier alpha value is -2.34. The third-order valence-corrected chi connectivity index (χ3v) is 2.93. The second-order valence-electron chi connectivity index (χ2n) is 4.29. The van der Waals surface area contributed by atoms with Crippen LogP contribution in [-0.4, -0.2) is 23.5 Å². The SMILES string of the molecule is Cc1cc(C(=O)OCC(=O)Nc2cccnc2Cl)c(C)o1. The number of aromatic nitrogens is 1. The molecular weight excluding hydrogens is 296 g/mol. The average Bonchev–Trinajstić information content (AvgIpc) is 2.78.